The molecule has 7 nitrogen and oxygen atoms in total. The molecule has 2 atom stereocenters. The predicted octanol–water partition coefficient (Wildman–Crippen LogP) is 4.66. The maximum atomic E-state index is 14.6. The van der Waals surface area contributed by atoms with Crippen LogP contribution in [0.25, 0.3) is 0 Å². The smallest absolute Gasteiger partial charge is 0.264 e. The van der Waals surface area contributed by atoms with Crippen molar-refractivity contribution in [3.8, 4) is 0 Å². The van der Waals surface area contributed by atoms with Gasteiger partial charge < -0.3 is 10.2 Å². The van der Waals surface area contributed by atoms with E-state index in [0.29, 0.717) is 12.1 Å². The summed E-state index contributed by atoms with van der Waals surface area (Å²) in [5.41, 5.74) is 1.34. The number of nitrogens with one attached hydrogen (secondary N) is 1. The highest BCUT2D eigenvalue weighted by Crippen LogP contribution is 2.25. The second-order valence-corrected chi connectivity index (χ2v) is 11.1. The van der Waals surface area contributed by atoms with E-state index in [1.165, 1.54) is 35.2 Å². The first-order valence-corrected chi connectivity index (χ1v) is 14.0. The van der Waals surface area contributed by atoms with Crippen LogP contribution in [0.3, 0.4) is 0 Å². The van der Waals surface area contributed by atoms with Crippen LogP contribution in [-0.4, -0.2) is 43.8 Å². The average molecular weight is 540 g/mol. The van der Waals surface area contributed by atoms with Crippen molar-refractivity contribution in [3.63, 3.8) is 0 Å². The summed E-state index contributed by atoms with van der Waals surface area (Å²) in [6.45, 7) is 6.37. The lowest BCUT2D eigenvalue weighted by Gasteiger charge is -2.32. The van der Waals surface area contributed by atoms with Crippen LogP contribution in [0.2, 0.25) is 0 Å². The van der Waals surface area contributed by atoms with Gasteiger partial charge in [0.05, 0.1) is 10.6 Å². The summed E-state index contributed by atoms with van der Waals surface area (Å²) in [5, 5.41) is 2.86. The Hall–Kier alpha value is -3.72. The van der Waals surface area contributed by atoms with E-state index in [1.807, 2.05) is 26.8 Å². The summed E-state index contributed by atoms with van der Waals surface area (Å²) in [6, 6.07) is 19.5. The number of halogens is 1. The van der Waals surface area contributed by atoms with Crippen LogP contribution >= 0.6 is 0 Å². The van der Waals surface area contributed by atoms with Gasteiger partial charge in [-0.3, -0.25) is 13.9 Å². The maximum Gasteiger partial charge on any atom is 0.264 e. The summed E-state index contributed by atoms with van der Waals surface area (Å²) in [7, 11) is -4.14. The number of amides is 2. The Morgan fingerprint density at radius 2 is 1.61 bits per heavy atom. The number of sulfonamides is 1. The molecule has 202 valence electrons. The van der Waals surface area contributed by atoms with E-state index in [-0.39, 0.29) is 23.0 Å². The molecule has 38 heavy (non-hydrogen) atoms. The van der Waals surface area contributed by atoms with Gasteiger partial charge in [0.25, 0.3) is 10.0 Å². The minimum atomic E-state index is -4.14. The molecule has 3 aromatic carbocycles. The molecule has 0 fully saturated rings. The van der Waals surface area contributed by atoms with Crippen molar-refractivity contribution in [1.29, 1.82) is 0 Å². The third-order valence-electron chi connectivity index (χ3n) is 6.37. The van der Waals surface area contributed by atoms with Gasteiger partial charge in [-0.1, -0.05) is 55.5 Å². The van der Waals surface area contributed by atoms with Crippen molar-refractivity contribution in [3.05, 3.63) is 95.8 Å². The first kappa shape index (κ1) is 28.8. The molecule has 0 saturated heterocycles. The van der Waals surface area contributed by atoms with Crippen LogP contribution in [0.15, 0.2) is 83.8 Å². The van der Waals surface area contributed by atoms with Gasteiger partial charge in [-0.2, -0.15) is 0 Å². The van der Waals surface area contributed by atoms with Crippen molar-refractivity contribution >= 4 is 27.5 Å². The van der Waals surface area contributed by atoms with Gasteiger partial charge in [-0.15, -0.1) is 0 Å². The summed E-state index contributed by atoms with van der Waals surface area (Å²) < 4.78 is 43.1. The third kappa shape index (κ3) is 6.98. The fourth-order valence-corrected chi connectivity index (χ4v) is 5.32. The standard InChI is InChI=1S/C29H34FN3O4S/c1-5-22(3)31-29(35)23(4)32(19-24-13-9-10-17-27(24)30)28(34)20-33(25-14-11-12-21(2)18-25)38(36,37)26-15-7-6-8-16-26/h6-18,22-23H,5,19-20H2,1-4H3,(H,31,35)/t22-,23+/m0/s1. The minimum absolute atomic E-state index is 0.0255. The quantitative estimate of drug-likeness (QED) is 0.384. The Kier molecular flexibility index (Phi) is 9.63. The second kappa shape index (κ2) is 12.7. The first-order valence-electron chi connectivity index (χ1n) is 12.5. The van der Waals surface area contributed by atoms with Crippen molar-refractivity contribution in [2.75, 3.05) is 10.8 Å². The van der Waals surface area contributed by atoms with Crippen LogP contribution in [0.5, 0.6) is 0 Å². The molecule has 0 unspecified atom stereocenters. The van der Waals surface area contributed by atoms with E-state index in [0.717, 1.165) is 9.87 Å². The molecule has 0 saturated carbocycles. The number of benzene rings is 3. The summed E-state index contributed by atoms with van der Waals surface area (Å²) in [4.78, 5) is 28.1. The van der Waals surface area contributed by atoms with Gasteiger partial charge >= 0.3 is 0 Å². The molecule has 9 heteroatoms. The molecule has 0 heterocycles. The minimum Gasteiger partial charge on any atom is -0.352 e. The van der Waals surface area contributed by atoms with Crippen molar-refractivity contribution < 1.29 is 22.4 Å². The van der Waals surface area contributed by atoms with E-state index in [1.54, 1.807) is 49.4 Å². The molecule has 1 N–H and O–H groups in total. The molecule has 0 aromatic heterocycles. The van der Waals surface area contributed by atoms with Gasteiger partial charge in [-0.25, -0.2) is 12.8 Å². The Morgan fingerprint density at radius 1 is 0.947 bits per heavy atom. The van der Waals surface area contributed by atoms with Crippen LogP contribution in [0.1, 0.15) is 38.3 Å². The normalized spacial score (nSPS) is 12.9. The number of carbonyl (C=O) groups excluding carboxylic acids is 2. The molecule has 0 radical (unpaired) electrons. The molecule has 3 aromatic rings. The number of carbonyl (C=O) groups is 2. The molecule has 2 amide bonds. The van der Waals surface area contributed by atoms with Crippen LogP contribution < -0.4 is 9.62 Å². The average Bonchev–Trinajstić information content (AvgIpc) is 2.91. The van der Waals surface area contributed by atoms with E-state index in [2.05, 4.69) is 5.32 Å². The molecular formula is C29H34FN3O4S. The van der Waals surface area contributed by atoms with Gasteiger partial charge in [0, 0.05) is 18.2 Å². The zero-order valence-corrected chi connectivity index (χ0v) is 22.9. The molecular weight excluding hydrogens is 505 g/mol. The van der Waals surface area contributed by atoms with Crippen molar-refractivity contribution in [2.45, 2.75) is 57.6 Å². The molecule has 3 rings (SSSR count). The van der Waals surface area contributed by atoms with E-state index >= 15 is 0 Å². The monoisotopic (exact) mass is 539 g/mol. The fourth-order valence-electron chi connectivity index (χ4n) is 3.89. The van der Waals surface area contributed by atoms with E-state index < -0.39 is 40.2 Å². The highest BCUT2D eigenvalue weighted by atomic mass is 32.2. The van der Waals surface area contributed by atoms with E-state index in [4.69, 9.17) is 0 Å². The number of hydrogen-bond donors (Lipinski definition) is 1. The second-order valence-electron chi connectivity index (χ2n) is 9.27. The van der Waals surface area contributed by atoms with Crippen LogP contribution in [-0.2, 0) is 26.2 Å². The number of hydrogen-bond acceptors (Lipinski definition) is 4. The van der Waals surface area contributed by atoms with Crippen LogP contribution in [0.4, 0.5) is 10.1 Å². The van der Waals surface area contributed by atoms with Gasteiger partial charge in [0.1, 0.15) is 18.4 Å². The molecule has 0 aliphatic carbocycles. The van der Waals surface area contributed by atoms with Crippen LogP contribution in [0, 0.1) is 12.7 Å². The Morgan fingerprint density at radius 3 is 2.24 bits per heavy atom. The van der Waals surface area contributed by atoms with Crippen molar-refractivity contribution in [2.24, 2.45) is 0 Å². The fraction of sp³-hybridized carbons (Fsp3) is 0.310. The lowest BCUT2D eigenvalue weighted by Crippen LogP contribution is -2.52. The highest BCUT2D eigenvalue weighted by Gasteiger charge is 2.33. The SMILES string of the molecule is CC[C@H](C)NC(=O)[C@@H](C)N(Cc1ccccc1F)C(=O)CN(c1cccc(C)c1)S(=O)(=O)c1ccccc1. The summed E-state index contributed by atoms with van der Waals surface area (Å²) >= 11 is 0. The zero-order chi connectivity index (χ0) is 27.9. The first-order chi connectivity index (χ1) is 18.0. The lowest BCUT2D eigenvalue weighted by molar-refractivity contribution is -0.139. The maximum absolute atomic E-state index is 14.6. The van der Waals surface area contributed by atoms with Gasteiger partial charge in [0.2, 0.25) is 11.8 Å². The Labute approximate surface area is 224 Å². The summed E-state index contributed by atoms with van der Waals surface area (Å²) in [5.74, 6) is -1.56. The zero-order valence-electron chi connectivity index (χ0n) is 22.1. The van der Waals surface area contributed by atoms with Gasteiger partial charge in [0.15, 0.2) is 0 Å². The molecule has 0 aliphatic heterocycles. The summed E-state index contributed by atoms with van der Waals surface area (Å²) in [6.07, 6.45) is 0.691. The molecule has 0 aliphatic rings. The number of anilines is 1. The third-order valence-corrected chi connectivity index (χ3v) is 8.15. The van der Waals surface area contributed by atoms with Gasteiger partial charge in [-0.05, 0) is 63.1 Å². The lowest BCUT2D eigenvalue weighted by atomic mass is 10.1. The highest BCUT2D eigenvalue weighted by molar-refractivity contribution is 7.92. The largest absolute Gasteiger partial charge is 0.352 e. The molecule has 0 bridgehead atoms. The topological polar surface area (TPSA) is 86.8 Å². The molecule has 0 spiro atoms. The van der Waals surface area contributed by atoms with E-state index in [9.17, 15) is 22.4 Å². The van der Waals surface area contributed by atoms with Crippen molar-refractivity contribution in [1.82, 2.24) is 10.2 Å². The Bertz CT molecular complexity index is 1370. The number of aryl methyl sites for hydroxylation is 1. The number of rotatable bonds is 11. The Balaban J connectivity index is 2.03. The number of nitrogens with zero attached hydrogens (tertiary/aromatic N) is 2. The predicted molar refractivity (Wildman–Crippen MR) is 146 cm³/mol.